The second-order valence-electron chi connectivity index (χ2n) is 4.43. The molecule has 18 heavy (non-hydrogen) atoms. The van der Waals surface area contributed by atoms with Gasteiger partial charge in [0.05, 0.1) is 5.52 Å². The van der Waals surface area contributed by atoms with Gasteiger partial charge in [0, 0.05) is 18.4 Å². The van der Waals surface area contributed by atoms with Gasteiger partial charge < -0.3 is 5.32 Å². The second kappa shape index (κ2) is 6.07. The Morgan fingerprint density at radius 2 is 2.11 bits per heavy atom. The molecule has 0 aliphatic carbocycles. The van der Waals surface area contributed by atoms with Gasteiger partial charge >= 0.3 is 0 Å². The largest absolute Gasteiger partial charge is 0.370 e. The highest BCUT2D eigenvalue weighted by atomic mass is 15.0. The fourth-order valence-electron chi connectivity index (χ4n) is 1.96. The average molecular weight is 238 g/mol. The molecule has 0 spiro atoms. The topological polar surface area (TPSA) is 24.9 Å². The molecule has 2 aromatic rings. The van der Waals surface area contributed by atoms with Crippen LogP contribution in [0.4, 0.5) is 5.82 Å². The van der Waals surface area contributed by atoms with E-state index in [4.69, 9.17) is 6.42 Å². The Morgan fingerprint density at radius 1 is 1.28 bits per heavy atom. The third-order valence-corrected chi connectivity index (χ3v) is 2.95. The van der Waals surface area contributed by atoms with E-state index in [9.17, 15) is 0 Å². The molecule has 0 radical (unpaired) electrons. The number of aromatic nitrogens is 1. The van der Waals surface area contributed by atoms with E-state index in [-0.39, 0.29) is 0 Å². The Balaban J connectivity index is 2.04. The lowest BCUT2D eigenvalue weighted by Crippen LogP contribution is -2.05. The zero-order chi connectivity index (χ0) is 12.8. The van der Waals surface area contributed by atoms with E-state index in [1.807, 2.05) is 18.2 Å². The van der Waals surface area contributed by atoms with E-state index in [2.05, 4.69) is 35.3 Å². The van der Waals surface area contributed by atoms with E-state index in [1.165, 1.54) is 10.9 Å². The molecule has 0 amide bonds. The predicted molar refractivity (Wildman–Crippen MR) is 77.7 cm³/mol. The van der Waals surface area contributed by atoms with Gasteiger partial charge in [-0.1, -0.05) is 18.2 Å². The SMILES string of the molecule is C#CCCCCNc1nc2ccccc2cc1C. The Kier molecular flexibility index (Phi) is 4.20. The summed E-state index contributed by atoms with van der Waals surface area (Å²) in [7, 11) is 0. The van der Waals surface area contributed by atoms with Crippen LogP contribution in [0.3, 0.4) is 0 Å². The fraction of sp³-hybridized carbons (Fsp3) is 0.312. The molecule has 0 aliphatic heterocycles. The van der Waals surface area contributed by atoms with E-state index >= 15 is 0 Å². The molecule has 1 N–H and O–H groups in total. The van der Waals surface area contributed by atoms with Crippen LogP contribution in [-0.2, 0) is 0 Å². The zero-order valence-corrected chi connectivity index (χ0v) is 10.7. The number of terminal acetylenes is 1. The predicted octanol–water partition coefficient (Wildman–Crippen LogP) is 3.76. The Morgan fingerprint density at radius 3 is 2.94 bits per heavy atom. The number of anilines is 1. The molecule has 0 bridgehead atoms. The highest BCUT2D eigenvalue weighted by Crippen LogP contribution is 2.19. The van der Waals surface area contributed by atoms with Crippen molar-refractivity contribution < 1.29 is 0 Å². The summed E-state index contributed by atoms with van der Waals surface area (Å²) in [6.45, 7) is 3.01. The van der Waals surface area contributed by atoms with Gasteiger partial charge in [0.15, 0.2) is 0 Å². The summed E-state index contributed by atoms with van der Waals surface area (Å²) >= 11 is 0. The number of nitrogens with zero attached hydrogens (tertiary/aromatic N) is 1. The quantitative estimate of drug-likeness (QED) is 0.633. The lowest BCUT2D eigenvalue weighted by molar-refractivity contribution is 0.787. The molecule has 1 aromatic heterocycles. The Labute approximate surface area is 108 Å². The first-order valence-corrected chi connectivity index (χ1v) is 6.35. The third kappa shape index (κ3) is 3.01. The summed E-state index contributed by atoms with van der Waals surface area (Å²) in [5, 5.41) is 4.57. The number of fused-ring (bicyclic) bond motifs is 1. The monoisotopic (exact) mass is 238 g/mol. The maximum atomic E-state index is 5.23. The normalized spacial score (nSPS) is 10.2. The summed E-state index contributed by atoms with van der Waals surface area (Å²) in [6.07, 6.45) is 8.23. The molecule has 2 heteroatoms. The molecule has 0 saturated carbocycles. The number of para-hydroxylation sites is 1. The van der Waals surface area contributed by atoms with Crippen LogP contribution >= 0.6 is 0 Å². The number of aryl methyl sites for hydroxylation is 1. The van der Waals surface area contributed by atoms with Crippen molar-refractivity contribution in [3.8, 4) is 12.3 Å². The number of rotatable bonds is 5. The van der Waals surface area contributed by atoms with Crippen molar-refractivity contribution >= 4 is 16.7 Å². The lowest BCUT2D eigenvalue weighted by atomic mass is 10.1. The van der Waals surface area contributed by atoms with Crippen molar-refractivity contribution in [1.82, 2.24) is 4.98 Å². The molecule has 2 rings (SSSR count). The molecule has 1 heterocycles. The summed E-state index contributed by atoms with van der Waals surface area (Å²) in [5.74, 6) is 3.64. The second-order valence-corrected chi connectivity index (χ2v) is 4.43. The summed E-state index contributed by atoms with van der Waals surface area (Å²) in [5.41, 5.74) is 2.22. The van der Waals surface area contributed by atoms with E-state index in [0.29, 0.717) is 0 Å². The number of hydrogen-bond donors (Lipinski definition) is 1. The van der Waals surface area contributed by atoms with Crippen LogP contribution in [0.5, 0.6) is 0 Å². The molecular formula is C16H18N2. The van der Waals surface area contributed by atoms with Crippen molar-refractivity contribution in [3.05, 3.63) is 35.9 Å². The van der Waals surface area contributed by atoms with Crippen LogP contribution in [0.15, 0.2) is 30.3 Å². The third-order valence-electron chi connectivity index (χ3n) is 2.95. The van der Waals surface area contributed by atoms with Crippen LogP contribution in [0.1, 0.15) is 24.8 Å². The zero-order valence-electron chi connectivity index (χ0n) is 10.7. The number of nitrogens with one attached hydrogen (secondary N) is 1. The highest BCUT2D eigenvalue weighted by Gasteiger charge is 2.02. The number of hydrogen-bond acceptors (Lipinski definition) is 2. The van der Waals surface area contributed by atoms with Gasteiger partial charge in [-0.25, -0.2) is 4.98 Å². The molecule has 1 aromatic carbocycles. The molecule has 0 saturated heterocycles. The summed E-state index contributed by atoms with van der Waals surface area (Å²) in [4.78, 5) is 4.64. The van der Waals surface area contributed by atoms with Gasteiger partial charge in [-0.3, -0.25) is 0 Å². The maximum absolute atomic E-state index is 5.23. The standard InChI is InChI=1S/C16H18N2/c1-3-4-5-8-11-17-16-13(2)12-14-9-6-7-10-15(14)18-16/h1,6-7,9-10,12H,4-5,8,11H2,2H3,(H,17,18). The fourth-order valence-corrected chi connectivity index (χ4v) is 1.96. The molecule has 92 valence electrons. The van der Waals surface area contributed by atoms with Crippen LogP contribution < -0.4 is 5.32 Å². The average Bonchev–Trinajstić information content (AvgIpc) is 2.39. The van der Waals surface area contributed by atoms with Crippen molar-refractivity contribution in [2.24, 2.45) is 0 Å². The molecule has 0 atom stereocenters. The van der Waals surface area contributed by atoms with Gasteiger partial charge in [-0.2, -0.15) is 0 Å². The van der Waals surface area contributed by atoms with Crippen LogP contribution in [0, 0.1) is 19.3 Å². The first kappa shape index (κ1) is 12.4. The minimum atomic E-state index is 0.853. The van der Waals surface area contributed by atoms with Crippen LogP contribution in [0.25, 0.3) is 10.9 Å². The minimum absolute atomic E-state index is 0.853. The minimum Gasteiger partial charge on any atom is -0.370 e. The smallest absolute Gasteiger partial charge is 0.129 e. The molecular weight excluding hydrogens is 220 g/mol. The first-order valence-electron chi connectivity index (χ1n) is 6.35. The number of benzene rings is 1. The molecule has 0 aliphatic rings. The Bertz CT molecular complexity index is 567. The van der Waals surface area contributed by atoms with Crippen molar-refractivity contribution in [1.29, 1.82) is 0 Å². The van der Waals surface area contributed by atoms with Gasteiger partial charge in [0.25, 0.3) is 0 Å². The summed E-state index contributed by atoms with van der Waals surface area (Å²) in [6, 6.07) is 10.4. The van der Waals surface area contributed by atoms with Gasteiger partial charge in [-0.05, 0) is 37.5 Å². The van der Waals surface area contributed by atoms with Crippen molar-refractivity contribution in [2.75, 3.05) is 11.9 Å². The van der Waals surface area contributed by atoms with Crippen LogP contribution in [-0.4, -0.2) is 11.5 Å². The summed E-state index contributed by atoms with van der Waals surface area (Å²) < 4.78 is 0. The first-order chi connectivity index (χ1) is 8.81. The van der Waals surface area contributed by atoms with E-state index in [1.54, 1.807) is 0 Å². The Hall–Kier alpha value is -2.01. The van der Waals surface area contributed by atoms with E-state index in [0.717, 1.165) is 37.1 Å². The van der Waals surface area contributed by atoms with Crippen molar-refractivity contribution in [2.45, 2.75) is 26.2 Å². The highest BCUT2D eigenvalue weighted by molar-refractivity contribution is 5.81. The van der Waals surface area contributed by atoms with E-state index < -0.39 is 0 Å². The maximum Gasteiger partial charge on any atom is 0.129 e. The molecule has 2 nitrogen and oxygen atoms in total. The van der Waals surface area contributed by atoms with Gasteiger partial charge in [0.2, 0.25) is 0 Å². The number of unbranched alkanes of at least 4 members (excludes halogenated alkanes) is 2. The van der Waals surface area contributed by atoms with Gasteiger partial charge in [-0.15, -0.1) is 12.3 Å². The van der Waals surface area contributed by atoms with Gasteiger partial charge in [0.1, 0.15) is 5.82 Å². The number of pyridine rings is 1. The van der Waals surface area contributed by atoms with Crippen molar-refractivity contribution in [3.63, 3.8) is 0 Å². The van der Waals surface area contributed by atoms with Crippen LogP contribution in [0.2, 0.25) is 0 Å². The molecule has 0 unspecified atom stereocenters. The lowest BCUT2D eigenvalue weighted by Gasteiger charge is -2.09. The molecule has 0 fully saturated rings.